The van der Waals surface area contributed by atoms with Crippen molar-refractivity contribution in [2.75, 3.05) is 0 Å². The first-order chi connectivity index (χ1) is 8.48. The van der Waals surface area contributed by atoms with Gasteiger partial charge in [-0.2, -0.15) is 0 Å². The first-order valence-electron chi connectivity index (χ1n) is 6.22. The first-order valence-corrected chi connectivity index (χ1v) is 6.22. The third kappa shape index (κ3) is 2.73. The molecule has 2 aromatic rings. The predicted octanol–water partition coefficient (Wildman–Crippen LogP) is 4.89. The average molecular weight is 239 g/mol. The lowest BCUT2D eigenvalue weighted by Gasteiger charge is -2.22. The first kappa shape index (κ1) is 12.7. The van der Waals surface area contributed by atoms with Crippen molar-refractivity contribution in [1.82, 2.24) is 0 Å². The highest BCUT2D eigenvalue weighted by molar-refractivity contribution is 5.43. The van der Waals surface area contributed by atoms with Gasteiger partial charge in [-0.15, -0.1) is 0 Å². The molecule has 18 heavy (non-hydrogen) atoms. The van der Waals surface area contributed by atoms with E-state index < -0.39 is 0 Å². The van der Waals surface area contributed by atoms with E-state index in [1.807, 2.05) is 37.3 Å². The van der Waals surface area contributed by atoms with Crippen LogP contribution in [0.4, 0.5) is 0 Å². The number of hydrogen-bond donors (Lipinski definition) is 0. The molecule has 0 amide bonds. The van der Waals surface area contributed by atoms with Crippen molar-refractivity contribution in [3.8, 4) is 11.5 Å². The highest BCUT2D eigenvalue weighted by atomic mass is 16.5. The molecule has 2 aromatic carbocycles. The van der Waals surface area contributed by atoms with Crippen molar-refractivity contribution in [2.24, 2.45) is 0 Å². The topological polar surface area (TPSA) is 9.23 Å². The molecular formula is C17H19O. The zero-order chi connectivity index (χ0) is 13.2. The van der Waals surface area contributed by atoms with Gasteiger partial charge in [-0.05, 0) is 42.2 Å². The lowest BCUT2D eigenvalue weighted by atomic mass is 9.86. The number of ether oxygens (including phenoxy) is 1. The van der Waals surface area contributed by atoms with Gasteiger partial charge in [0.1, 0.15) is 11.5 Å². The SMILES string of the molecule is Cc1c[c]ccc1Oc1ccccc1C(C)(C)C. The fourth-order valence-corrected chi connectivity index (χ4v) is 1.91. The van der Waals surface area contributed by atoms with Gasteiger partial charge in [-0.3, -0.25) is 0 Å². The van der Waals surface area contributed by atoms with E-state index in [4.69, 9.17) is 4.74 Å². The third-order valence-corrected chi connectivity index (χ3v) is 2.93. The minimum Gasteiger partial charge on any atom is -0.457 e. The second-order valence-corrected chi connectivity index (χ2v) is 5.54. The Morgan fingerprint density at radius 1 is 1.00 bits per heavy atom. The Labute approximate surface area is 109 Å². The molecule has 0 aliphatic heterocycles. The summed E-state index contributed by atoms with van der Waals surface area (Å²) in [4.78, 5) is 0. The molecule has 1 radical (unpaired) electrons. The smallest absolute Gasteiger partial charge is 0.131 e. The van der Waals surface area contributed by atoms with Crippen LogP contribution in [0.25, 0.3) is 0 Å². The van der Waals surface area contributed by atoms with Crippen LogP contribution in [-0.4, -0.2) is 0 Å². The van der Waals surface area contributed by atoms with E-state index in [9.17, 15) is 0 Å². The molecule has 0 heterocycles. The van der Waals surface area contributed by atoms with E-state index in [2.05, 4.69) is 39.0 Å². The molecule has 93 valence electrons. The van der Waals surface area contributed by atoms with Crippen LogP contribution >= 0.6 is 0 Å². The van der Waals surface area contributed by atoms with E-state index in [0.717, 1.165) is 17.1 Å². The van der Waals surface area contributed by atoms with Gasteiger partial charge in [0.25, 0.3) is 0 Å². The molecular weight excluding hydrogens is 220 g/mol. The summed E-state index contributed by atoms with van der Waals surface area (Å²) in [5.41, 5.74) is 2.39. The minimum absolute atomic E-state index is 0.0748. The van der Waals surface area contributed by atoms with Gasteiger partial charge in [0, 0.05) is 5.56 Å². The fraction of sp³-hybridized carbons (Fsp3) is 0.294. The van der Waals surface area contributed by atoms with Crippen LogP contribution in [0.3, 0.4) is 0 Å². The van der Waals surface area contributed by atoms with Crippen molar-refractivity contribution in [1.29, 1.82) is 0 Å². The fourth-order valence-electron chi connectivity index (χ4n) is 1.91. The van der Waals surface area contributed by atoms with E-state index in [1.165, 1.54) is 5.56 Å². The Morgan fingerprint density at radius 3 is 2.39 bits per heavy atom. The molecule has 0 spiro atoms. The Kier molecular flexibility index (Phi) is 3.42. The number of benzene rings is 2. The molecule has 0 saturated carbocycles. The van der Waals surface area contributed by atoms with Crippen LogP contribution in [-0.2, 0) is 5.41 Å². The molecule has 2 rings (SSSR count). The van der Waals surface area contributed by atoms with Crippen LogP contribution < -0.4 is 4.74 Å². The molecule has 0 saturated heterocycles. The van der Waals surface area contributed by atoms with E-state index in [1.54, 1.807) is 0 Å². The van der Waals surface area contributed by atoms with E-state index in [-0.39, 0.29) is 5.41 Å². The van der Waals surface area contributed by atoms with Gasteiger partial charge in [-0.1, -0.05) is 45.0 Å². The summed E-state index contributed by atoms with van der Waals surface area (Å²) >= 11 is 0. The van der Waals surface area contributed by atoms with Crippen LogP contribution in [0.15, 0.2) is 42.5 Å². The number of aryl methyl sites for hydroxylation is 1. The van der Waals surface area contributed by atoms with Crippen molar-refractivity contribution in [3.63, 3.8) is 0 Å². The maximum atomic E-state index is 6.05. The lowest BCUT2D eigenvalue weighted by Crippen LogP contribution is -2.12. The van der Waals surface area contributed by atoms with Crippen molar-refractivity contribution >= 4 is 0 Å². The summed E-state index contributed by atoms with van der Waals surface area (Å²) in [6.45, 7) is 8.62. The molecule has 0 bridgehead atoms. The van der Waals surface area contributed by atoms with Gasteiger partial charge in [0.15, 0.2) is 0 Å². The van der Waals surface area contributed by atoms with Crippen molar-refractivity contribution in [2.45, 2.75) is 33.1 Å². The van der Waals surface area contributed by atoms with E-state index in [0.29, 0.717) is 0 Å². The Balaban J connectivity index is 2.39. The summed E-state index contributed by atoms with van der Waals surface area (Å²) in [6.07, 6.45) is 0. The standard InChI is InChI=1S/C17H19O/c1-13-9-5-7-11-15(13)18-16-12-8-6-10-14(16)17(2,3)4/h6-12H,1-4H3. The molecule has 0 fully saturated rings. The monoisotopic (exact) mass is 239 g/mol. The minimum atomic E-state index is 0.0748. The molecule has 1 heteroatoms. The zero-order valence-corrected chi connectivity index (χ0v) is 11.4. The molecule has 0 atom stereocenters. The molecule has 0 aromatic heterocycles. The highest BCUT2D eigenvalue weighted by Gasteiger charge is 2.18. The second kappa shape index (κ2) is 4.85. The number of rotatable bonds is 2. The van der Waals surface area contributed by atoms with Gasteiger partial charge in [0.2, 0.25) is 0 Å². The average Bonchev–Trinajstić information content (AvgIpc) is 2.31. The van der Waals surface area contributed by atoms with Crippen LogP contribution in [0, 0.1) is 13.0 Å². The maximum absolute atomic E-state index is 6.05. The highest BCUT2D eigenvalue weighted by Crippen LogP contribution is 2.34. The third-order valence-electron chi connectivity index (χ3n) is 2.93. The van der Waals surface area contributed by atoms with Crippen LogP contribution in [0.1, 0.15) is 31.9 Å². The summed E-state index contributed by atoms with van der Waals surface area (Å²) in [7, 11) is 0. The summed E-state index contributed by atoms with van der Waals surface area (Å²) in [5.74, 6) is 1.82. The molecule has 0 unspecified atom stereocenters. The zero-order valence-electron chi connectivity index (χ0n) is 11.4. The molecule has 0 aliphatic rings. The van der Waals surface area contributed by atoms with Crippen LogP contribution in [0.5, 0.6) is 11.5 Å². The second-order valence-electron chi connectivity index (χ2n) is 5.54. The molecule has 0 aliphatic carbocycles. The van der Waals surface area contributed by atoms with Crippen molar-refractivity contribution in [3.05, 3.63) is 59.7 Å². The van der Waals surface area contributed by atoms with Crippen LogP contribution in [0.2, 0.25) is 0 Å². The largest absolute Gasteiger partial charge is 0.457 e. The van der Waals surface area contributed by atoms with E-state index >= 15 is 0 Å². The predicted molar refractivity (Wildman–Crippen MR) is 75.2 cm³/mol. The quantitative estimate of drug-likeness (QED) is 0.725. The summed E-state index contributed by atoms with van der Waals surface area (Å²) in [5, 5.41) is 0. The number of hydrogen-bond acceptors (Lipinski definition) is 1. The maximum Gasteiger partial charge on any atom is 0.131 e. The summed E-state index contributed by atoms with van der Waals surface area (Å²) in [6, 6.07) is 17.0. The Morgan fingerprint density at radius 2 is 1.72 bits per heavy atom. The Hall–Kier alpha value is -1.76. The van der Waals surface area contributed by atoms with Gasteiger partial charge in [-0.25, -0.2) is 0 Å². The lowest BCUT2D eigenvalue weighted by molar-refractivity contribution is 0.452. The summed E-state index contributed by atoms with van der Waals surface area (Å²) < 4.78 is 6.05. The molecule has 0 N–H and O–H groups in total. The van der Waals surface area contributed by atoms with Gasteiger partial charge >= 0.3 is 0 Å². The van der Waals surface area contributed by atoms with Gasteiger partial charge in [0.05, 0.1) is 0 Å². The molecule has 1 nitrogen and oxygen atoms in total. The van der Waals surface area contributed by atoms with Crippen molar-refractivity contribution < 1.29 is 4.74 Å². The van der Waals surface area contributed by atoms with Gasteiger partial charge < -0.3 is 4.74 Å². The Bertz CT molecular complexity index is 535. The number of para-hydroxylation sites is 1. The normalized spacial score (nSPS) is 11.3.